The Hall–Kier alpha value is -1.32. The van der Waals surface area contributed by atoms with Crippen LogP contribution >= 0.6 is 11.6 Å². The molecular formula is C15H19ClN2O. The molecule has 0 bridgehead atoms. The summed E-state index contributed by atoms with van der Waals surface area (Å²) in [7, 11) is 0. The van der Waals surface area contributed by atoms with Crippen LogP contribution in [0.4, 0.5) is 0 Å². The van der Waals surface area contributed by atoms with Crippen molar-refractivity contribution in [2.75, 3.05) is 0 Å². The smallest absolute Gasteiger partial charge is 0.0851 e. The molecule has 1 atom stereocenters. The van der Waals surface area contributed by atoms with Gasteiger partial charge in [-0.25, -0.2) is 0 Å². The van der Waals surface area contributed by atoms with Gasteiger partial charge in [0.1, 0.15) is 0 Å². The van der Waals surface area contributed by atoms with Crippen LogP contribution in [-0.2, 0) is 19.4 Å². The number of rotatable bonds is 5. The van der Waals surface area contributed by atoms with Crippen molar-refractivity contribution < 1.29 is 5.11 Å². The molecule has 1 aromatic heterocycles. The topological polar surface area (TPSA) is 38.0 Å². The molecule has 0 aliphatic heterocycles. The van der Waals surface area contributed by atoms with E-state index in [1.807, 2.05) is 48.9 Å². The van der Waals surface area contributed by atoms with Crippen molar-refractivity contribution in [3.63, 3.8) is 0 Å². The van der Waals surface area contributed by atoms with Gasteiger partial charge in [0, 0.05) is 13.0 Å². The fourth-order valence-electron chi connectivity index (χ4n) is 2.19. The number of nitrogens with zero attached hydrogens (tertiary/aromatic N) is 2. The fourth-order valence-corrected chi connectivity index (χ4v) is 2.53. The zero-order chi connectivity index (χ0) is 13.8. The van der Waals surface area contributed by atoms with Crippen LogP contribution in [-0.4, -0.2) is 14.9 Å². The lowest BCUT2D eigenvalue weighted by Crippen LogP contribution is -2.08. The van der Waals surface area contributed by atoms with Gasteiger partial charge in [0.2, 0.25) is 0 Å². The van der Waals surface area contributed by atoms with E-state index in [0.29, 0.717) is 11.4 Å². The van der Waals surface area contributed by atoms with Gasteiger partial charge in [0.25, 0.3) is 0 Å². The Morgan fingerprint density at radius 2 is 1.95 bits per heavy atom. The summed E-state index contributed by atoms with van der Waals surface area (Å²) in [5.41, 5.74) is 2.72. The SMILES string of the molecule is CCc1nn(CC)c(CC(O)c2ccccc2)c1Cl. The van der Waals surface area contributed by atoms with Crippen molar-refractivity contribution in [3.05, 3.63) is 52.3 Å². The minimum atomic E-state index is -0.551. The third kappa shape index (κ3) is 2.99. The van der Waals surface area contributed by atoms with Gasteiger partial charge in [0.05, 0.1) is 22.5 Å². The Labute approximate surface area is 118 Å². The summed E-state index contributed by atoms with van der Waals surface area (Å²) in [6, 6.07) is 9.64. The molecule has 1 heterocycles. The van der Waals surface area contributed by atoms with Crippen molar-refractivity contribution in [2.24, 2.45) is 0 Å². The second kappa shape index (κ2) is 6.22. The Kier molecular flexibility index (Phi) is 4.61. The Balaban J connectivity index is 2.26. The maximum Gasteiger partial charge on any atom is 0.0851 e. The first kappa shape index (κ1) is 14.1. The summed E-state index contributed by atoms with van der Waals surface area (Å²) in [5.74, 6) is 0. The Bertz CT molecular complexity index is 537. The third-order valence-corrected chi connectivity index (χ3v) is 3.70. The fraction of sp³-hybridized carbons (Fsp3) is 0.400. The summed E-state index contributed by atoms with van der Waals surface area (Å²) in [6.07, 6.45) is 0.745. The van der Waals surface area contributed by atoms with Crippen LogP contribution in [0.15, 0.2) is 30.3 Å². The van der Waals surface area contributed by atoms with Gasteiger partial charge in [0.15, 0.2) is 0 Å². The first-order valence-electron chi connectivity index (χ1n) is 6.64. The van der Waals surface area contributed by atoms with E-state index in [-0.39, 0.29) is 0 Å². The summed E-state index contributed by atoms with van der Waals surface area (Å²) in [6.45, 7) is 4.82. The molecule has 0 fully saturated rings. The van der Waals surface area contributed by atoms with Crippen LogP contribution in [0, 0.1) is 0 Å². The van der Waals surface area contributed by atoms with E-state index in [1.54, 1.807) is 0 Å². The van der Waals surface area contributed by atoms with E-state index in [0.717, 1.165) is 29.9 Å². The van der Waals surface area contributed by atoms with Crippen LogP contribution in [0.1, 0.15) is 36.9 Å². The van der Waals surface area contributed by atoms with E-state index in [1.165, 1.54) is 0 Å². The summed E-state index contributed by atoms with van der Waals surface area (Å²) < 4.78 is 1.88. The highest BCUT2D eigenvalue weighted by Gasteiger charge is 2.18. The minimum Gasteiger partial charge on any atom is -0.388 e. The lowest BCUT2D eigenvalue weighted by molar-refractivity contribution is 0.175. The molecule has 0 amide bonds. The van der Waals surface area contributed by atoms with Crippen molar-refractivity contribution in [1.82, 2.24) is 9.78 Å². The quantitative estimate of drug-likeness (QED) is 0.910. The van der Waals surface area contributed by atoms with Gasteiger partial charge in [-0.15, -0.1) is 0 Å². The first-order chi connectivity index (χ1) is 9.17. The second-order valence-corrected chi connectivity index (χ2v) is 4.89. The second-order valence-electron chi connectivity index (χ2n) is 4.51. The molecule has 0 radical (unpaired) electrons. The molecule has 0 aliphatic rings. The van der Waals surface area contributed by atoms with Crippen LogP contribution < -0.4 is 0 Å². The average molecular weight is 279 g/mol. The number of hydrogen-bond acceptors (Lipinski definition) is 2. The highest BCUT2D eigenvalue weighted by Crippen LogP contribution is 2.26. The lowest BCUT2D eigenvalue weighted by atomic mass is 10.0. The number of halogens is 1. The van der Waals surface area contributed by atoms with Crippen LogP contribution in [0.3, 0.4) is 0 Å². The third-order valence-electron chi connectivity index (χ3n) is 3.27. The van der Waals surface area contributed by atoms with Gasteiger partial charge in [-0.1, -0.05) is 48.9 Å². The average Bonchev–Trinajstić information content (AvgIpc) is 2.76. The summed E-state index contributed by atoms with van der Waals surface area (Å²) >= 11 is 6.35. The van der Waals surface area contributed by atoms with E-state index in [4.69, 9.17) is 11.6 Å². The number of aromatic nitrogens is 2. The van der Waals surface area contributed by atoms with Gasteiger partial charge in [-0.3, -0.25) is 4.68 Å². The van der Waals surface area contributed by atoms with Crippen molar-refractivity contribution in [1.29, 1.82) is 0 Å². The molecule has 2 rings (SSSR count). The van der Waals surface area contributed by atoms with Crippen LogP contribution in [0.25, 0.3) is 0 Å². The first-order valence-corrected chi connectivity index (χ1v) is 7.02. The van der Waals surface area contributed by atoms with Crippen LogP contribution in [0.2, 0.25) is 5.02 Å². The standard InChI is InChI=1S/C15H19ClN2O/c1-3-12-15(16)13(18(4-2)17-12)10-14(19)11-8-6-5-7-9-11/h5-9,14,19H,3-4,10H2,1-2H3. The highest BCUT2D eigenvalue weighted by atomic mass is 35.5. The largest absolute Gasteiger partial charge is 0.388 e. The predicted molar refractivity (Wildman–Crippen MR) is 77.4 cm³/mol. The molecule has 1 N–H and O–H groups in total. The number of aryl methyl sites for hydroxylation is 2. The minimum absolute atomic E-state index is 0.490. The van der Waals surface area contributed by atoms with E-state index < -0.39 is 6.10 Å². The molecule has 0 saturated heterocycles. The van der Waals surface area contributed by atoms with E-state index >= 15 is 0 Å². The van der Waals surface area contributed by atoms with Crippen LogP contribution in [0.5, 0.6) is 0 Å². The molecule has 102 valence electrons. The molecule has 2 aromatic rings. The molecular weight excluding hydrogens is 260 g/mol. The van der Waals surface area contributed by atoms with Gasteiger partial charge in [-0.05, 0) is 18.9 Å². The van der Waals surface area contributed by atoms with Crippen molar-refractivity contribution in [3.8, 4) is 0 Å². The van der Waals surface area contributed by atoms with E-state index in [9.17, 15) is 5.11 Å². The molecule has 4 heteroatoms. The number of aliphatic hydroxyl groups excluding tert-OH is 1. The van der Waals surface area contributed by atoms with Gasteiger partial charge in [-0.2, -0.15) is 5.10 Å². The maximum absolute atomic E-state index is 10.3. The zero-order valence-corrected chi connectivity index (χ0v) is 12.1. The van der Waals surface area contributed by atoms with Gasteiger partial charge < -0.3 is 5.11 Å². The molecule has 3 nitrogen and oxygen atoms in total. The summed E-state index contributed by atoms with van der Waals surface area (Å²) in [4.78, 5) is 0. The number of benzene rings is 1. The van der Waals surface area contributed by atoms with Gasteiger partial charge >= 0.3 is 0 Å². The lowest BCUT2D eigenvalue weighted by Gasteiger charge is -2.12. The predicted octanol–water partition coefficient (Wildman–Crippen LogP) is 3.39. The van der Waals surface area contributed by atoms with E-state index in [2.05, 4.69) is 5.10 Å². The van der Waals surface area contributed by atoms with Crippen molar-refractivity contribution >= 4 is 11.6 Å². The highest BCUT2D eigenvalue weighted by molar-refractivity contribution is 6.31. The number of hydrogen-bond donors (Lipinski definition) is 1. The molecule has 0 saturated carbocycles. The number of aliphatic hydroxyl groups is 1. The molecule has 19 heavy (non-hydrogen) atoms. The summed E-state index contributed by atoms with van der Waals surface area (Å²) in [5, 5.41) is 15.5. The Morgan fingerprint density at radius 1 is 1.26 bits per heavy atom. The maximum atomic E-state index is 10.3. The zero-order valence-electron chi connectivity index (χ0n) is 11.3. The molecule has 1 aromatic carbocycles. The monoisotopic (exact) mass is 278 g/mol. The molecule has 1 unspecified atom stereocenters. The van der Waals surface area contributed by atoms with Crippen molar-refractivity contribution in [2.45, 2.75) is 39.3 Å². The molecule has 0 spiro atoms. The Morgan fingerprint density at radius 3 is 2.53 bits per heavy atom. The molecule has 0 aliphatic carbocycles. The normalized spacial score (nSPS) is 12.6.